The van der Waals surface area contributed by atoms with Crippen molar-refractivity contribution in [2.24, 2.45) is 0 Å². The van der Waals surface area contributed by atoms with E-state index in [0.717, 1.165) is 4.68 Å². The van der Waals surface area contributed by atoms with Crippen LogP contribution in [0.2, 0.25) is 5.02 Å². The van der Waals surface area contributed by atoms with Crippen molar-refractivity contribution in [1.82, 2.24) is 9.66 Å². The van der Waals surface area contributed by atoms with Crippen LogP contribution in [0.15, 0.2) is 23.0 Å². The quantitative estimate of drug-likeness (QED) is 0.591. The van der Waals surface area contributed by atoms with Gasteiger partial charge in [-0.15, -0.1) is 0 Å². The molecule has 0 amide bonds. The largest absolute Gasteiger partial charge is 0.344 e. The fraction of sp³-hybridized carbons (Fsp3) is 0. The molecule has 0 aliphatic carbocycles. The lowest BCUT2D eigenvalue weighted by atomic mass is 10.3. The number of nitrogens with two attached hydrogens (primary N) is 1. The monoisotopic (exact) mass is 183 g/mol. The van der Waals surface area contributed by atoms with Gasteiger partial charge in [0, 0.05) is 0 Å². The maximum absolute atomic E-state index is 11.0. The van der Waals surface area contributed by atoms with Crippen LogP contribution in [0.25, 0.3) is 11.0 Å². The number of nitrogen functional groups attached to an aromatic ring is 1. The van der Waals surface area contributed by atoms with Gasteiger partial charge in [-0.05, 0) is 12.1 Å². The molecule has 1 aromatic carbocycles. The van der Waals surface area contributed by atoms with Gasteiger partial charge in [0.1, 0.15) is 0 Å². The van der Waals surface area contributed by atoms with Crippen molar-refractivity contribution in [1.29, 1.82) is 0 Å². The first-order valence-corrected chi connectivity index (χ1v) is 3.72. The van der Waals surface area contributed by atoms with Crippen LogP contribution >= 0.6 is 11.6 Å². The lowest BCUT2D eigenvalue weighted by Gasteiger charge is -1.93. The lowest BCUT2D eigenvalue weighted by molar-refractivity contribution is 0.967. The van der Waals surface area contributed by atoms with Crippen molar-refractivity contribution >= 4 is 22.6 Å². The van der Waals surface area contributed by atoms with E-state index in [-0.39, 0.29) is 5.69 Å². The average molecular weight is 184 g/mol. The van der Waals surface area contributed by atoms with Gasteiger partial charge in [-0.3, -0.25) is 0 Å². The van der Waals surface area contributed by atoms with E-state index >= 15 is 0 Å². The number of nitrogens with one attached hydrogen (secondary N) is 1. The topological polar surface area (TPSA) is 63.8 Å². The number of halogens is 1. The Morgan fingerprint density at radius 3 is 2.92 bits per heavy atom. The van der Waals surface area contributed by atoms with Gasteiger partial charge in [-0.2, -0.15) is 0 Å². The zero-order valence-corrected chi connectivity index (χ0v) is 6.80. The van der Waals surface area contributed by atoms with E-state index in [2.05, 4.69) is 4.98 Å². The first kappa shape index (κ1) is 7.24. The summed E-state index contributed by atoms with van der Waals surface area (Å²) in [6.07, 6.45) is 0. The van der Waals surface area contributed by atoms with Gasteiger partial charge in [0.05, 0.1) is 16.1 Å². The number of aromatic nitrogens is 2. The smallest absolute Gasteiger partial charge is 0.335 e. The molecule has 3 N–H and O–H groups in total. The van der Waals surface area contributed by atoms with Crippen LogP contribution in [-0.4, -0.2) is 9.66 Å². The van der Waals surface area contributed by atoms with Crippen molar-refractivity contribution < 1.29 is 0 Å². The zero-order chi connectivity index (χ0) is 8.72. The van der Waals surface area contributed by atoms with Crippen LogP contribution in [0.1, 0.15) is 0 Å². The van der Waals surface area contributed by atoms with Gasteiger partial charge in [0.2, 0.25) is 0 Å². The molecule has 12 heavy (non-hydrogen) atoms. The predicted octanol–water partition coefficient (Wildman–Crippen LogP) is 0.697. The molecule has 0 bridgehead atoms. The number of H-pyrrole nitrogens is 1. The number of nitrogens with zero attached hydrogens (tertiary/aromatic N) is 1. The Bertz CT molecular complexity index is 485. The summed E-state index contributed by atoms with van der Waals surface area (Å²) in [5.74, 6) is 5.42. The molecule has 2 rings (SSSR count). The molecule has 0 atom stereocenters. The SMILES string of the molecule is Nn1c(=O)[nH]c2c(Cl)cccc21. The van der Waals surface area contributed by atoms with Gasteiger partial charge in [-0.1, -0.05) is 17.7 Å². The fourth-order valence-corrected chi connectivity index (χ4v) is 1.33. The highest BCUT2D eigenvalue weighted by molar-refractivity contribution is 6.34. The minimum Gasteiger partial charge on any atom is -0.335 e. The number of aromatic amines is 1. The van der Waals surface area contributed by atoms with E-state index in [9.17, 15) is 4.79 Å². The molecule has 0 saturated heterocycles. The first-order valence-electron chi connectivity index (χ1n) is 3.34. The van der Waals surface area contributed by atoms with Crippen LogP contribution < -0.4 is 11.5 Å². The van der Waals surface area contributed by atoms with Gasteiger partial charge in [-0.25, -0.2) is 9.47 Å². The highest BCUT2D eigenvalue weighted by Crippen LogP contribution is 2.18. The van der Waals surface area contributed by atoms with Crippen molar-refractivity contribution in [2.45, 2.75) is 0 Å². The Labute approximate surface area is 72.5 Å². The molecule has 62 valence electrons. The second-order valence-corrected chi connectivity index (χ2v) is 2.84. The molecule has 0 aliphatic rings. The summed E-state index contributed by atoms with van der Waals surface area (Å²) in [6.45, 7) is 0. The second kappa shape index (κ2) is 2.28. The Kier molecular flexibility index (Phi) is 1.38. The number of rotatable bonds is 0. The van der Waals surface area contributed by atoms with Crippen molar-refractivity contribution in [3.63, 3.8) is 0 Å². The maximum atomic E-state index is 11.0. The number of para-hydroxylation sites is 1. The third-order valence-electron chi connectivity index (χ3n) is 1.70. The normalized spacial score (nSPS) is 10.8. The minimum absolute atomic E-state index is 0.363. The van der Waals surface area contributed by atoms with Crippen LogP contribution in [0.4, 0.5) is 0 Å². The summed E-state index contributed by atoms with van der Waals surface area (Å²) in [5.41, 5.74) is 0.817. The van der Waals surface area contributed by atoms with Gasteiger partial charge in [0.15, 0.2) is 0 Å². The Morgan fingerprint density at radius 1 is 1.50 bits per heavy atom. The number of imidazole rings is 1. The highest BCUT2D eigenvalue weighted by Gasteiger charge is 2.05. The van der Waals surface area contributed by atoms with E-state index in [1.807, 2.05) is 0 Å². The van der Waals surface area contributed by atoms with Crippen LogP contribution in [0.5, 0.6) is 0 Å². The molecular formula is C7H6ClN3O. The van der Waals surface area contributed by atoms with Crippen LogP contribution in [-0.2, 0) is 0 Å². The summed E-state index contributed by atoms with van der Waals surface area (Å²) in [7, 11) is 0. The number of benzene rings is 1. The van der Waals surface area contributed by atoms with E-state index in [1.54, 1.807) is 18.2 Å². The Balaban J connectivity index is 3.05. The molecule has 1 heterocycles. The molecular weight excluding hydrogens is 178 g/mol. The summed E-state index contributed by atoms with van der Waals surface area (Å²) >= 11 is 5.80. The van der Waals surface area contributed by atoms with Crippen molar-refractivity contribution in [3.05, 3.63) is 33.7 Å². The van der Waals surface area contributed by atoms with E-state index in [4.69, 9.17) is 17.4 Å². The molecule has 2 aromatic rings. The Hall–Kier alpha value is -1.42. The molecule has 5 heteroatoms. The summed E-state index contributed by atoms with van der Waals surface area (Å²) < 4.78 is 1.03. The third-order valence-corrected chi connectivity index (χ3v) is 2.02. The van der Waals surface area contributed by atoms with E-state index < -0.39 is 0 Å². The van der Waals surface area contributed by atoms with Gasteiger partial charge >= 0.3 is 5.69 Å². The molecule has 0 fully saturated rings. The number of fused-ring (bicyclic) bond motifs is 1. The summed E-state index contributed by atoms with van der Waals surface area (Å²) in [6, 6.07) is 5.15. The molecule has 0 unspecified atom stereocenters. The predicted molar refractivity (Wildman–Crippen MR) is 47.7 cm³/mol. The van der Waals surface area contributed by atoms with Crippen LogP contribution in [0, 0.1) is 0 Å². The molecule has 0 radical (unpaired) electrons. The minimum atomic E-state index is -0.363. The van der Waals surface area contributed by atoms with Crippen LogP contribution in [0.3, 0.4) is 0 Å². The highest BCUT2D eigenvalue weighted by atomic mass is 35.5. The molecule has 0 aliphatic heterocycles. The van der Waals surface area contributed by atoms with Crippen molar-refractivity contribution in [2.75, 3.05) is 5.84 Å². The first-order chi connectivity index (χ1) is 5.70. The van der Waals surface area contributed by atoms with E-state index in [0.29, 0.717) is 16.1 Å². The number of hydrogen-bond acceptors (Lipinski definition) is 2. The molecule has 0 spiro atoms. The Morgan fingerprint density at radius 2 is 2.25 bits per heavy atom. The molecule has 1 aromatic heterocycles. The van der Waals surface area contributed by atoms with E-state index in [1.165, 1.54) is 0 Å². The van der Waals surface area contributed by atoms with Crippen molar-refractivity contribution in [3.8, 4) is 0 Å². The summed E-state index contributed by atoms with van der Waals surface area (Å²) in [4.78, 5) is 13.6. The lowest BCUT2D eigenvalue weighted by Crippen LogP contribution is -2.23. The summed E-state index contributed by atoms with van der Waals surface area (Å²) in [5, 5.41) is 0.494. The maximum Gasteiger partial charge on any atom is 0.344 e. The average Bonchev–Trinajstić information content (AvgIpc) is 2.32. The molecule has 0 saturated carbocycles. The second-order valence-electron chi connectivity index (χ2n) is 2.43. The zero-order valence-electron chi connectivity index (χ0n) is 6.04. The third kappa shape index (κ3) is 0.816. The van der Waals surface area contributed by atoms with Gasteiger partial charge in [0.25, 0.3) is 0 Å². The fourth-order valence-electron chi connectivity index (χ4n) is 1.11. The number of hydrogen-bond donors (Lipinski definition) is 2. The molecule has 4 nitrogen and oxygen atoms in total. The van der Waals surface area contributed by atoms with Gasteiger partial charge < -0.3 is 10.8 Å². The standard InChI is InChI=1S/C7H6ClN3O/c8-4-2-1-3-5-6(4)10-7(12)11(5)9/h1-3H,9H2,(H,10,12).